The zero-order valence-corrected chi connectivity index (χ0v) is 59.8. The molecule has 26 heteroatoms. The van der Waals surface area contributed by atoms with Crippen LogP contribution in [0.25, 0.3) is 0 Å². The summed E-state index contributed by atoms with van der Waals surface area (Å²) in [6, 6.07) is 3.25. The van der Waals surface area contributed by atoms with Crippen molar-refractivity contribution in [1.29, 1.82) is 0 Å². The third-order valence-electron chi connectivity index (χ3n) is 18.0. The number of carbonyl (C=O) groups excluding carboxylic acids is 12. The molecule has 14 N–H and O–H groups in total. The summed E-state index contributed by atoms with van der Waals surface area (Å²) in [5.74, 6) is -9.99. The van der Waals surface area contributed by atoms with Gasteiger partial charge in [-0.2, -0.15) is 0 Å². The van der Waals surface area contributed by atoms with Crippen LogP contribution in [0, 0.1) is 35.5 Å². The number of amides is 12. The van der Waals surface area contributed by atoms with Gasteiger partial charge in [-0.05, 0) is 137 Å². The predicted octanol–water partition coefficient (Wildman–Crippen LogP) is 2.29. The molecular weight excluding hydrogens is 1250 g/mol. The van der Waals surface area contributed by atoms with Crippen molar-refractivity contribution >= 4 is 70.9 Å². The highest BCUT2D eigenvalue weighted by atomic mass is 16.2. The highest BCUT2D eigenvalue weighted by Gasteiger charge is 2.44. The van der Waals surface area contributed by atoms with Crippen molar-refractivity contribution in [2.45, 2.75) is 245 Å². The topological polar surface area (TPSA) is 384 Å². The molecule has 0 bridgehead atoms. The van der Waals surface area contributed by atoms with Gasteiger partial charge >= 0.3 is 0 Å². The number of carbonyl (C=O) groups is 12. The molecule has 3 fully saturated rings. The first-order valence-corrected chi connectivity index (χ1v) is 35.6. The quantitative estimate of drug-likeness (QED) is 0.0906. The van der Waals surface area contributed by atoms with E-state index in [-0.39, 0.29) is 127 Å². The van der Waals surface area contributed by atoms with E-state index in [0.717, 1.165) is 0 Å². The Hall–Kier alpha value is -8.00. The molecule has 0 aliphatic carbocycles. The van der Waals surface area contributed by atoms with Crippen molar-refractivity contribution < 1.29 is 57.5 Å². The molecule has 3 heterocycles. The summed E-state index contributed by atoms with van der Waals surface area (Å²) < 4.78 is 0. The Balaban J connectivity index is 1.61. The van der Waals surface area contributed by atoms with Crippen LogP contribution < -0.4 is 64.6 Å². The van der Waals surface area contributed by atoms with Crippen LogP contribution in [-0.2, 0) is 70.4 Å². The summed E-state index contributed by atoms with van der Waals surface area (Å²) in [4.78, 5) is 180. The van der Waals surface area contributed by atoms with Gasteiger partial charge in [-0.1, -0.05) is 144 Å². The van der Waals surface area contributed by atoms with Gasteiger partial charge in [-0.3, -0.25) is 57.5 Å². The molecule has 2 aromatic carbocycles. The Morgan fingerprint density at radius 2 is 0.612 bits per heavy atom. The summed E-state index contributed by atoms with van der Waals surface area (Å²) in [6.45, 7) is 22.2. The van der Waals surface area contributed by atoms with Crippen LogP contribution in [0.4, 0.5) is 0 Å². The van der Waals surface area contributed by atoms with Crippen LogP contribution >= 0.6 is 0 Å². The Labute approximate surface area is 579 Å². The Bertz CT molecular complexity index is 2810. The third kappa shape index (κ3) is 24.8. The molecule has 544 valence electrons. The number of hydrogen-bond acceptors (Lipinski definition) is 14. The molecule has 3 saturated heterocycles. The first kappa shape index (κ1) is 80.7. The van der Waals surface area contributed by atoms with Gasteiger partial charge in [0.2, 0.25) is 70.9 Å². The van der Waals surface area contributed by atoms with E-state index < -0.39 is 155 Å². The standard InChI is InChI=1S/C72H114N14O12/c1-41(2)35-51-65(91)81-55(39-47-23-15-13-16-24-47)71(97)85-33-21-29-57(85)67(93)83-60(46(11)12)70(96)80-54(38-44(7)8)64(90)76-50(28-20-32-74)62(88)78-52(36-42(3)4)66(92)82-56(40-48-25-17-14-18-26-48)72(98)86-34-22-30-58(86)68(94)84-59(45(9)10)69(95)79-53(37-43(5)6)63(89)75-49(27-19-31-73)61(87)77-51/h13-18,23-26,41-46,49-60H,19-22,27-40,73-74H2,1-12H3,(H,75,89)(H,76,90)(H,77,87)(H,78,88)(H,79,95)(H,80,96)(H,81,91)(H,82,92)(H,83,93)(H,84,94)/t49-,50-,51-,52-,53-,54-,55+,56+,57-,58-,59-,60-/m0/s1. The maximum absolute atomic E-state index is 15.1. The number of nitrogens with one attached hydrogen (secondary N) is 10. The van der Waals surface area contributed by atoms with E-state index in [1.54, 1.807) is 88.4 Å². The minimum Gasteiger partial charge on any atom is -0.343 e. The van der Waals surface area contributed by atoms with Gasteiger partial charge in [-0.25, -0.2) is 0 Å². The van der Waals surface area contributed by atoms with Crippen molar-refractivity contribution in [1.82, 2.24) is 63.0 Å². The molecule has 3 aliphatic rings. The smallest absolute Gasteiger partial charge is 0.246 e. The second-order valence-electron chi connectivity index (χ2n) is 29.1. The van der Waals surface area contributed by atoms with Gasteiger partial charge < -0.3 is 74.4 Å². The summed E-state index contributed by atoms with van der Waals surface area (Å²) in [6.07, 6.45) is 2.24. The SMILES string of the molecule is CC(C)C[C@@H]1NC(=O)[C@H](CCCN)NC(=O)[C@H](CC(C)C)NC(=O)[C@H](C(C)C)NC(=O)[C@@H]2CCCN2C(=O)[C@@H](Cc2ccccc2)NC(=O)[C@H](CC(C)C)NC(=O)[C@H](CCCN)NC(=O)[C@H](CC(C)C)NC(=O)[C@H](C(C)C)NC(=O)[C@@H]2CCCN2C(=O)[C@@H](Cc2ccccc2)NC1=O. The average Bonchev–Trinajstić information content (AvgIpc) is 1.57. The van der Waals surface area contributed by atoms with Crippen LogP contribution in [-0.4, -0.2) is 179 Å². The van der Waals surface area contributed by atoms with Crippen molar-refractivity contribution in [3.8, 4) is 0 Å². The third-order valence-corrected chi connectivity index (χ3v) is 18.0. The Kier molecular flexibility index (Phi) is 32.6. The molecule has 2 aromatic rings. The molecular formula is C72H114N14O12. The van der Waals surface area contributed by atoms with Gasteiger partial charge in [0.05, 0.1) is 0 Å². The predicted molar refractivity (Wildman–Crippen MR) is 373 cm³/mol. The molecule has 12 atom stereocenters. The molecule has 0 spiro atoms. The molecule has 0 saturated carbocycles. The minimum atomic E-state index is -1.27. The fourth-order valence-electron chi connectivity index (χ4n) is 12.8. The fraction of sp³-hybridized carbons (Fsp3) is 0.667. The molecule has 3 aliphatic heterocycles. The second-order valence-corrected chi connectivity index (χ2v) is 29.1. The highest BCUT2D eigenvalue weighted by Crippen LogP contribution is 2.24. The van der Waals surface area contributed by atoms with Crippen molar-refractivity contribution in [3.63, 3.8) is 0 Å². The lowest BCUT2D eigenvalue weighted by atomic mass is 9.98. The van der Waals surface area contributed by atoms with Gasteiger partial charge in [-0.15, -0.1) is 0 Å². The molecule has 0 radical (unpaired) electrons. The number of hydrogen-bond donors (Lipinski definition) is 12. The van der Waals surface area contributed by atoms with E-state index in [1.807, 2.05) is 55.4 Å². The van der Waals surface area contributed by atoms with Crippen LogP contribution in [0.3, 0.4) is 0 Å². The molecule has 0 aromatic heterocycles. The summed E-state index contributed by atoms with van der Waals surface area (Å²) in [7, 11) is 0. The van der Waals surface area contributed by atoms with Gasteiger partial charge in [0.15, 0.2) is 0 Å². The molecule has 0 unspecified atom stereocenters. The Morgan fingerprint density at radius 3 is 0.888 bits per heavy atom. The average molecular weight is 1370 g/mol. The molecule has 5 rings (SSSR count). The second kappa shape index (κ2) is 39.6. The van der Waals surface area contributed by atoms with E-state index in [4.69, 9.17) is 11.5 Å². The van der Waals surface area contributed by atoms with Crippen LogP contribution in [0.1, 0.15) is 171 Å². The summed E-state index contributed by atoms with van der Waals surface area (Å²) >= 11 is 0. The summed E-state index contributed by atoms with van der Waals surface area (Å²) in [5.41, 5.74) is 13.3. The van der Waals surface area contributed by atoms with Crippen molar-refractivity contribution in [3.05, 3.63) is 71.8 Å². The number of rotatable bonds is 20. The molecule has 12 amide bonds. The lowest BCUT2D eigenvalue weighted by Gasteiger charge is -2.32. The van der Waals surface area contributed by atoms with Gasteiger partial charge in [0.25, 0.3) is 0 Å². The monoisotopic (exact) mass is 1370 g/mol. The van der Waals surface area contributed by atoms with E-state index in [9.17, 15) is 47.9 Å². The number of fused-ring (bicyclic) bond motifs is 2. The van der Waals surface area contributed by atoms with E-state index in [1.165, 1.54) is 9.80 Å². The van der Waals surface area contributed by atoms with E-state index in [2.05, 4.69) is 53.2 Å². The Morgan fingerprint density at radius 1 is 0.347 bits per heavy atom. The number of nitrogens with two attached hydrogens (primary N) is 2. The highest BCUT2D eigenvalue weighted by molar-refractivity contribution is 6.00. The van der Waals surface area contributed by atoms with Crippen LogP contribution in [0.5, 0.6) is 0 Å². The van der Waals surface area contributed by atoms with Crippen molar-refractivity contribution in [2.75, 3.05) is 26.2 Å². The zero-order chi connectivity index (χ0) is 72.5. The first-order chi connectivity index (χ1) is 46.4. The summed E-state index contributed by atoms with van der Waals surface area (Å²) in [5, 5.41) is 28.6. The zero-order valence-electron chi connectivity index (χ0n) is 59.8. The lowest BCUT2D eigenvalue weighted by Crippen LogP contribution is -2.62. The minimum absolute atomic E-state index is 0.00861. The van der Waals surface area contributed by atoms with Crippen LogP contribution in [0.2, 0.25) is 0 Å². The maximum Gasteiger partial charge on any atom is 0.246 e. The van der Waals surface area contributed by atoms with E-state index >= 15 is 9.59 Å². The van der Waals surface area contributed by atoms with Crippen LogP contribution in [0.15, 0.2) is 60.7 Å². The number of nitrogens with zero attached hydrogens (tertiary/aromatic N) is 2. The normalized spacial score (nSPS) is 26.4. The first-order valence-electron chi connectivity index (χ1n) is 35.6. The largest absolute Gasteiger partial charge is 0.343 e. The van der Waals surface area contributed by atoms with Gasteiger partial charge in [0, 0.05) is 25.9 Å². The fourth-order valence-corrected chi connectivity index (χ4v) is 12.8. The molecule has 26 nitrogen and oxygen atoms in total. The van der Waals surface area contributed by atoms with Gasteiger partial charge in [0.1, 0.15) is 72.5 Å². The molecule has 98 heavy (non-hydrogen) atoms. The van der Waals surface area contributed by atoms with E-state index in [0.29, 0.717) is 24.0 Å². The maximum atomic E-state index is 15.1. The number of benzene rings is 2. The lowest BCUT2D eigenvalue weighted by molar-refractivity contribution is -0.143. The van der Waals surface area contributed by atoms with Crippen molar-refractivity contribution in [2.24, 2.45) is 47.0 Å².